The van der Waals surface area contributed by atoms with Crippen LogP contribution in [0.5, 0.6) is 17.2 Å². The molecule has 11 nitrogen and oxygen atoms in total. The highest BCUT2D eigenvalue weighted by molar-refractivity contribution is 6.35. The zero-order valence-corrected chi connectivity index (χ0v) is 29.1. The number of methoxy groups -OCH3 is 2. The van der Waals surface area contributed by atoms with Crippen molar-refractivity contribution in [3.05, 3.63) is 87.4 Å². The lowest BCUT2D eigenvalue weighted by molar-refractivity contribution is -0.155. The first-order chi connectivity index (χ1) is 22.9. The van der Waals surface area contributed by atoms with E-state index in [1.807, 2.05) is 12.1 Å². The van der Waals surface area contributed by atoms with E-state index in [1.54, 1.807) is 76.4 Å². The van der Waals surface area contributed by atoms with Crippen LogP contribution in [0, 0.1) is 0 Å². The monoisotopic (exact) mass is 701 g/mol. The fourth-order valence-corrected chi connectivity index (χ4v) is 5.68. The van der Waals surface area contributed by atoms with Crippen molar-refractivity contribution in [1.82, 2.24) is 10.9 Å². The topological polar surface area (TPSA) is 137 Å². The predicted octanol–water partition coefficient (Wildman–Crippen LogP) is 5.97. The molecule has 0 saturated carbocycles. The van der Waals surface area contributed by atoms with Gasteiger partial charge < -0.3 is 28.8 Å². The number of amides is 1. The number of benzene rings is 3. The van der Waals surface area contributed by atoms with Crippen LogP contribution in [-0.4, -0.2) is 61.5 Å². The molecule has 2 atom stereocenters. The maximum absolute atomic E-state index is 14.4. The number of carbonyl (C=O) groups is 2. The van der Waals surface area contributed by atoms with Crippen molar-refractivity contribution in [3.8, 4) is 17.2 Å². The summed E-state index contributed by atoms with van der Waals surface area (Å²) in [7, 11) is 3.08. The molecule has 0 saturated heterocycles. The van der Waals surface area contributed by atoms with Gasteiger partial charge in [-0.3, -0.25) is 15.0 Å². The molecule has 4 rings (SSSR count). The number of aliphatic hydroxyl groups is 1. The lowest BCUT2D eigenvalue weighted by atomic mass is 9.83. The maximum Gasteiger partial charge on any atom is 0.306 e. The molecule has 3 aromatic rings. The summed E-state index contributed by atoms with van der Waals surface area (Å²) in [5.74, 6) is 0.745. The summed E-state index contributed by atoms with van der Waals surface area (Å²) >= 11 is 12.9. The van der Waals surface area contributed by atoms with Crippen LogP contribution in [-0.2, 0) is 25.6 Å². The number of ether oxygens (including phenoxy) is 5. The Balaban J connectivity index is 1.72. The second kappa shape index (κ2) is 16.4. The van der Waals surface area contributed by atoms with Gasteiger partial charge in [-0.2, -0.15) is 0 Å². The van der Waals surface area contributed by atoms with Crippen molar-refractivity contribution in [1.29, 1.82) is 0 Å². The van der Waals surface area contributed by atoms with Gasteiger partial charge in [0, 0.05) is 52.7 Å². The first kappa shape index (κ1) is 36.8. The van der Waals surface area contributed by atoms with Gasteiger partial charge in [0.05, 0.1) is 20.8 Å². The Bertz CT molecular complexity index is 1610. The van der Waals surface area contributed by atoms with Crippen LogP contribution in [0.2, 0.25) is 10.0 Å². The van der Waals surface area contributed by atoms with Crippen molar-refractivity contribution in [2.45, 2.75) is 63.8 Å². The third kappa shape index (κ3) is 9.10. The number of esters is 1. The lowest BCUT2D eigenvalue weighted by Crippen LogP contribution is -2.52. The van der Waals surface area contributed by atoms with E-state index in [0.717, 1.165) is 5.56 Å². The summed E-state index contributed by atoms with van der Waals surface area (Å²) in [5, 5.41) is 9.73. The summed E-state index contributed by atoms with van der Waals surface area (Å²) in [4.78, 5) is 32.3. The largest absolute Gasteiger partial charge is 0.494 e. The minimum absolute atomic E-state index is 0.0206. The van der Waals surface area contributed by atoms with E-state index in [9.17, 15) is 9.59 Å². The molecule has 0 radical (unpaired) electrons. The average molecular weight is 703 g/mol. The lowest BCUT2D eigenvalue weighted by Gasteiger charge is -2.31. The molecular formula is C35H41Cl2N3O8. The van der Waals surface area contributed by atoms with Crippen LogP contribution in [0.25, 0.3) is 0 Å². The highest BCUT2D eigenvalue weighted by Gasteiger charge is 2.54. The van der Waals surface area contributed by atoms with Gasteiger partial charge in [-0.25, -0.2) is 10.4 Å². The number of hydrogen-bond donors (Lipinski definition) is 3. The molecule has 1 aliphatic rings. The quantitative estimate of drug-likeness (QED) is 0.0994. The third-order valence-corrected chi connectivity index (χ3v) is 7.93. The number of rotatable bonds is 15. The molecule has 0 unspecified atom stereocenters. The van der Waals surface area contributed by atoms with E-state index >= 15 is 0 Å². The molecule has 1 aliphatic heterocycles. The minimum atomic E-state index is -1.68. The van der Waals surface area contributed by atoms with Crippen molar-refractivity contribution in [2.75, 3.05) is 27.4 Å². The van der Waals surface area contributed by atoms with Crippen LogP contribution in [0.1, 0.15) is 62.8 Å². The van der Waals surface area contributed by atoms with Gasteiger partial charge in [-0.15, -0.1) is 0 Å². The summed E-state index contributed by atoms with van der Waals surface area (Å²) in [6, 6.07) is 17.3. The fourth-order valence-electron chi connectivity index (χ4n) is 5.17. The number of para-hydroxylation sites is 1. The standard InChI is InChI=1S/C35H41Cl2N3O8/c1-34(2,3)48-29(42)16-17-35(33(43)40-38-21-23-8-6-9-28(44-4)30(23)45-5)31(26-15-12-24(36)20-27(26)37)47-32(39-35)22-10-13-25(14-11-22)46-19-7-18-41/h6,8-15,20,31,38,41H,7,16-19,21H2,1-5H3,(H,40,43)/t31-,35-/m0/s1. The normalized spacial score (nSPS) is 17.2. The van der Waals surface area contributed by atoms with Gasteiger partial charge in [0.1, 0.15) is 11.4 Å². The zero-order chi connectivity index (χ0) is 34.9. The molecule has 3 aromatic carbocycles. The van der Waals surface area contributed by atoms with Crippen LogP contribution >= 0.6 is 23.2 Å². The Morgan fingerprint density at radius 3 is 2.44 bits per heavy atom. The van der Waals surface area contributed by atoms with E-state index in [-0.39, 0.29) is 36.9 Å². The number of nitrogens with zero attached hydrogens (tertiary/aromatic N) is 1. The van der Waals surface area contributed by atoms with Crippen LogP contribution < -0.4 is 25.1 Å². The zero-order valence-electron chi connectivity index (χ0n) is 27.6. The fraction of sp³-hybridized carbons (Fsp3) is 0.400. The van der Waals surface area contributed by atoms with E-state index in [4.69, 9.17) is 57.0 Å². The summed E-state index contributed by atoms with van der Waals surface area (Å²) in [5.41, 5.74) is 5.10. The van der Waals surface area contributed by atoms with Gasteiger partial charge in [-0.1, -0.05) is 41.4 Å². The second-order valence-electron chi connectivity index (χ2n) is 12.0. The smallest absolute Gasteiger partial charge is 0.306 e. The van der Waals surface area contributed by atoms with Crippen molar-refractivity contribution in [2.24, 2.45) is 4.99 Å². The second-order valence-corrected chi connectivity index (χ2v) is 12.8. The van der Waals surface area contributed by atoms with Gasteiger partial charge in [0.15, 0.2) is 23.1 Å². The summed E-state index contributed by atoms with van der Waals surface area (Å²) in [6.45, 7) is 5.86. The molecule has 3 N–H and O–H groups in total. The summed E-state index contributed by atoms with van der Waals surface area (Å²) < 4.78 is 28.6. The number of hydrazine groups is 1. The number of carbonyl (C=O) groups excluding carboxylic acids is 2. The number of hydrogen-bond acceptors (Lipinski definition) is 10. The molecular weight excluding hydrogens is 661 g/mol. The Morgan fingerprint density at radius 1 is 1.04 bits per heavy atom. The van der Waals surface area contributed by atoms with Crippen LogP contribution in [0.4, 0.5) is 0 Å². The van der Waals surface area contributed by atoms with Gasteiger partial charge in [0.25, 0.3) is 5.91 Å². The van der Waals surface area contributed by atoms with Crippen molar-refractivity contribution >= 4 is 41.0 Å². The van der Waals surface area contributed by atoms with Crippen LogP contribution in [0.15, 0.2) is 65.7 Å². The van der Waals surface area contributed by atoms with E-state index in [1.165, 1.54) is 7.11 Å². The van der Waals surface area contributed by atoms with Crippen LogP contribution in [0.3, 0.4) is 0 Å². The van der Waals surface area contributed by atoms with Gasteiger partial charge >= 0.3 is 5.97 Å². The predicted molar refractivity (Wildman–Crippen MR) is 183 cm³/mol. The molecule has 0 spiro atoms. The first-order valence-corrected chi connectivity index (χ1v) is 16.2. The molecule has 258 valence electrons. The van der Waals surface area contributed by atoms with Crippen molar-refractivity contribution in [3.63, 3.8) is 0 Å². The number of halogens is 2. The van der Waals surface area contributed by atoms with Gasteiger partial charge in [-0.05, 0) is 69.7 Å². The average Bonchev–Trinajstić information content (AvgIpc) is 3.43. The van der Waals surface area contributed by atoms with Gasteiger partial charge in [0.2, 0.25) is 5.90 Å². The molecule has 0 bridgehead atoms. The van der Waals surface area contributed by atoms with E-state index in [0.29, 0.717) is 46.4 Å². The Morgan fingerprint density at radius 2 is 1.79 bits per heavy atom. The SMILES string of the molecule is COc1cccc(CNNC(=O)[C@@]2(CCC(=O)OC(C)(C)C)N=C(c3ccc(OCCCO)cc3)O[C@H]2c2ccc(Cl)cc2Cl)c1OC. The highest BCUT2D eigenvalue weighted by Crippen LogP contribution is 2.46. The number of nitrogens with one attached hydrogen (secondary N) is 2. The third-order valence-electron chi connectivity index (χ3n) is 7.37. The van der Waals surface area contributed by atoms with E-state index < -0.39 is 29.1 Å². The maximum atomic E-state index is 14.4. The molecule has 0 aliphatic carbocycles. The number of aliphatic hydroxyl groups excluding tert-OH is 1. The Labute approximate surface area is 290 Å². The Hall–Kier alpha value is -4.03. The molecule has 1 amide bonds. The van der Waals surface area contributed by atoms with E-state index in [2.05, 4.69) is 10.9 Å². The van der Waals surface area contributed by atoms with Crippen molar-refractivity contribution < 1.29 is 38.4 Å². The molecule has 13 heteroatoms. The number of aliphatic imine (C=N–C) groups is 1. The molecule has 1 heterocycles. The molecule has 0 fully saturated rings. The first-order valence-electron chi connectivity index (χ1n) is 15.4. The Kier molecular flexibility index (Phi) is 12.6. The minimum Gasteiger partial charge on any atom is -0.494 e. The molecule has 0 aromatic heterocycles. The highest BCUT2D eigenvalue weighted by atomic mass is 35.5. The summed E-state index contributed by atoms with van der Waals surface area (Å²) in [6.07, 6.45) is -0.774. The molecule has 48 heavy (non-hydrogen) atoms.